The van der Waals surface area contributed by atoms with Gasteiger partial charge in [0.05, 0.1) is 0 Å². The summed E-state index contributed by atoms with van der Waals surface area (Å²) in [5.74, 6) is 0.778. The predicted molar refractivity (Wildman–Crippen MR) is 111 cm³/mol. The summed E-state index contributed by atoms with van der Waals surface area (Å²) < 4.78 is 0. The fraction of sp³-hybridized carbons (Fsp3) is 0.261. The van der Waals surface area contributed by atoms with E-state index >= 15 is 0 Å². The SMILES string of the molecule is O=C(c1cncc(Cc2ccccc2)c1)c1cccc(N2CCCNCC2)n1. The first-order valence-electron chi connectivity index (χ1n) is 9.75. The molecule has 4 rings (SSSR count). The molecule has 2 aromatic heterocycles. The van der Waals surface area contributed by atoms with Gasteiger partial charge in [-0.05, 0) is 48.7 Å². The molecule has 0 unspecified atom stereocenters. The number of nitrogens with one attached hydrogen (secondary N) is 1. The average molecular weight is 372 g/mol. The molecule has 1 saturated heterocycles. The molecule has 0 aliphatic carbocycles. The third-order valence-corrected chi connectivity index (χ3v) is 4.94. The van der Waals surface area contributed by atoms with Crippen LogP contribution >= 0.6 is 0 Å². The van der Waals surface area contributed by atoms with Gasteiger partial charge < -0.3 is 10.2 Å². The van der Waals surface area contributed by atoms with Crippen LogP contribution in [0.2, 0.25) is 0 Å². The highest BCUT2D eigenvalue weighted by atomic mass is 16.1. The minimum Gasteiger partial charge on any atom is -0.355 e. The Bertz CT molecular complexity index is 934. The van der Waals surface area contributed by atoms with Crippen molar-refractivity contribution in [1.29, 1.82) is 0 Å². The van der Waals surface area contributed by atoms with E-state index in [2.05, 4.69) is 32.3 Å². The Morgan fingerprint density at radius 3 is 2.75 bits per heavy atom. The molecule has 0 saturated carbocycles. The third kappa shape index (κ3) is 4.43. The van der Waals surface area contributed by atoms with Gasteiger partial charge in [0.2, 0.25) is 5.78 Å². The number of hydrogen-bond donors (Lipinski definition) is 1. The Kier molecular flexibility index (Phi) is 5.73. The summed E-state index contributed by atoms with van der Waals surface area (Å²) in [5, 5.41) is 3.39. The van der Waals surface area contributed by atoms with Crippen molar-refractivity contribution in [2.24, 2.45) is 0 Å². The summed E-state index contributed by atoms with van der Waals surface area (Å²) in [6.07, 6.45) is 5.27. The van der Waals surface area contributed by atoms with Crippen molar-refractivity contribution in [2.45, 2.75) is 12.8 Å². The molecule has 3 aromatic rings. The zero-order valence-corrected chi connectivity index (χ0v) is 15.8. The lowest BCUT2D eigenvalue weighted by Gasteiger charge is -2.21. The fourth-order valence-corrected chi connectivity index (χ4v) is 3.49. The highest BCUT2D eigenvalue weighted by molar-refractivity contribution is 6.07. The maximum absolute atomic E-state index is 13.0. The van der Waals surface area contributed by atoms with Gasteiger partial charge in [-0.3, -0.25) is 9.78 Å². The van der Waals surface area contributed by atoms with Gasteiger partial charge in [0, 0.05) is 37.6 Å². The molecule has 0 spiro atoms. The molecule has 1 fully saturated rings. The molecule has 5 heteroatoms. The Morgan fingerprint density at radius 2 is 1.86 bits per heavy atom. The van der Waals surface area contributed by atoms with E-state index in [9.17, 15) is 4.79 Å². The van der Waals surface area contributed by atoms with Crippen molar-refractivity contribution in [1.82, 2.24) is 15.3 Å². The van der Waals surface area contributed by atoms with Gasteiger partial charge >= 0.3 is 0 Å². The maximum Gasteiger partial charge on any atom is 0.212 e. The molecule has 0 amide bonds. The van der Waals surface area contributed by atoms with Gasteiger partial charge in [-0.2, -0.15) is 0 Å². The van der Waals surface area contributed by atoms with E-state index in [-0.39, 0.29) is 5.78 Å². The number of pyridine rings is 2. The summed E-state index contributed by atoms with van der Waals surface area (Å²) in [4.78, 5) is 24.2. The van der Waals surface area contributed by atoms with Crippen molar-refractivity contribution in [3.63, 3.8) is 0 Å². The zero-order valence-electron chi connectivity index (χ0n) is 15.8. The molecule has 0 bridgehead atoms. The lowest BCUT2D eigenvalue weighted by molar-refractivity contribution is 0.103. The maximum atomic E-state index is 13.0. The van der Waals surface area contributed by atoms with Crippen molar-refractivity contribution in [3.8, 4) is 0 Å². The van der Waals surface area contributed by atoms with Crippen LogP contribution in [-0.4, -0.2) is 41.9 Å². The van der Waals surface area contributed by atoms with Crippen LogP contribution in [0.15, 0.2) is 67.0 Å². The Hall–Kier alpha value is -3.05. The molecule has 1 aromatic carbocycles. The first-order valence-corrected chi connectivity index (χ1v) is 9.75. The molecule has 3 heterocycles. The molecule has 0 atom stereocenters. The molecular formula is C23H24N4O. The number of anilines is 1. The third-order valence-electron chi connectivity index (χ3n) is 4.94. The predicted octanol–water partition coefficient (Wildman–Crippen LogP) is 3.10. The van der Waals surface area contributed by atoms with E-state index in [1.165, 1.54) is 5.56 Å². The van der Waals surface area contributed by atoms with E-state index in [1.54, 1.807) is 12.3 Å². The summed E-state index contributed by atoms with van der Waals surface area (Å²) in [6.45, 7) is 3.81. The standard InChI is InChI=1S/C23H24N4O/c28-23(20-15-19(16-25-17-20)14-18-6-2-1-3-7-18)21-8-4-9-22(26-21)27-12-5-10-24-11-13-27/h1-4,6-9,15-17,24H,5,10-14H2. The fourth-order valence-electron chi connectivity index (χ4n) is 3.49. The second-order valence-corrected chi connectivity index (χ2v) is 7.04. The van der Waals surface area contributed by atoms with Gasteiger partial charge in [0.1, 0.15) is 11.5 Å². The van der Waals surface area contributed by atoms with E-state index in [4.69, 9.17) is 0 Å². The molecule has 5 nitrogen and oxygen atoms in total. The summed E-state index contributed by atoms with van der Waals surface area (Å²) in [5.41, 5.74) is 3.26. The Labute approximate surface area is 165 Å². The van der Waals surface area contributed by atoms with Crippen molar-refractivity contribution in [2.75, 3.05) is 31.1 Å². The normalized spacial score (nSPS) is 14.5. The van der Waals surface area contributed by atoms with Crippen molar-refractivity contribution in [3.05, 3.63) is 89.4 Å². The largest absolute Gasteiger partial charge is 0.355 e. The first-order chi connectivity index (χ1) is 13.8. The number of carbonyl (C=O) groups excluding carboxylic acids is 1. The smallest absolute Gasteiger partial charge is 0.212 e. The Balaban J connectivity index is 1.54. The second-order valence-electron chi connectivity index (χ2n) is 7.04. The van der Waals surface area contributed by atoms with Crippen molar-refractivity contribution < 1.29 is 4.79 Å². The second kappa shape index (κ2) is 8.76. The van der Waals surface area contributed by atoms with Crippen molar-refractivity contribution >= 4 is 11.6 Å². The number of benzene rings is 1. The minimum absolute atomic E-state index is 0.0859. The van der Waals surface area contributed by atoms with Crippen LogP contribution < -0.4 is 10.2 Å². The number of rotatable bonds is 5. The van der Waals surface area contributed by atoms with Crippen LogP contribution in [0.4, 0.5) is 5.82 Å². The van der Waals surface area contributed by atoms with E-state index in [1.807, 2.05) is 42.6 Å². The first kappa shape index (κ1) is 18.3. The van der Waals surface area contributed by atoms with Crippen LogP contribution in [0.1, 0.15) is 33.6 Å². The van der Waals surface area contributed by atoms with Gasteiger partial charge in [-0.1, -0.05) is 36.4 Å². The number of hydrogen-bond acceptors (Lipinski definition) is 5. The number of nitrogens with zero attached hydrogens (tertiary/aromatic N) is 3. The summed E-state index contributed by atoms with van der Waals surface area (Å²) in [6, 6.07) is 17.8. The highest BCUT2D eigenvalue weighted by Gasteiger charge is 2.16. The van der Waals surface area contributed by atoms with Gasteiger partial charge in [-0.15, -0.1) is 0 Å². The average Bonchev–Trinajstić information content (AvgIpc) is 3.04. The minimum atomic E-state index is -0.0859. The van der Waals surface area contributed by atoms with Gasteiger partial charge in [0.25, 0.3) is 0 Å². The molecule has 0 radical (unpaired) electrons. The molecule has 28 heavy (non-hydrogen) atoms. The van der Waals surface area contributed by atoms with Crippen LogP contribution in [-0.2, 0) is 6.42 Å². The van der Waals surface area contributed by atoms with Gasteiger partial charge in [-0.25, -0.2) is 4.98 Å². The van der Waals surface area contributed by atoms with Crippen LogP contribution in [0.5, 0.6) is 0 Å². The van der Waals surface area contributed by atoms with Crippen LogP contribution in [0.25, 0.3) is 0 Å². The summed E-state index contributed by atoms with van der Waals surface area (Å²) in [7, 11) is 0. The van der Waals surface area contributed by atoms with E-state index < -0.39 is 0 Å². The summed E-state index contributed by atoms with van der Waals surface area (Å²) >= 11 is 0. The monoisotopic (exact) mass is 372 g/mol. The molecule has 1 aliphatic rings. The quantitative estimate of drug-likeness (QED) is 0.698. The zero-order chi connectivity index (χ0) is 19.2. The molecular weight excluding hydrogens is 348 g/mol. The number of ketones is 1. The lowest BCUT2D eigenvalue weighted by atomic mass is 10.0. The van der Waals surface area contributed by atoms with Gasteiger partial charge in [0.15, 0.2) is 0 Å². The molecule has 1 aliphatic heterocycles. The topological polar surface area (TPSA) is 58.1 Å². The highest BCUT2D eigenvalue weighted by Crippen LogP contribution is 2.17. The molecule has 142 valence electrons. The van der Waals surface area contributed by atoms with E-state index in [0.29, 0.717) is 11.3 Å². The number of aromatic nitrogens is 2. The number of carbonyl (C=O) groups is 1. The molecule has 1 N–H and O–H groups in total. The van der Waals surface area contributed by atoms with Crippen LogP contribution in [0.3, 0.4) is 0 Å². The van der Waals surface area contributed by atoms with Crippen LogP contribution in [0, 0.1) is 0 Å². The Morgan fingerprint density at radius 1 is 0.964 bits per heavy atom. The van der Waals surface area contributed by atoms with E-state index in [0.717, 1.165) is 50.4 Å². The lowest BCUT2D eigenvalue weighted by Crippen LogP contribution is -2.28.